The third-order valence-electron chi connectivity index (χ3n) is 5.52. The van der Waals surface area contributed by atoms with E-state index < -0.39 is 5.92 Å². The van der Waals surface area contributed by atoms with Crippen LogP contribution in [0.2, 0.25) is 0 Å². The maximum Gasteiger partial charge on any atom is 0.231 e. The highest BCUT2D eigenvalue weighted by molar-refractivity contribution is 6.02. The number of carbonyl (C=O) groups excluding carboxylic acids is 2. The minimum absolute atomic E-state index is 0.0229. The smallest absolute Gasteiger partial charge is 0.231 e. The van der Waals surface area contributed by atoms with E-state index in [1.165, 1.54) is 0 Å². The van der Waals surface area contributed by atoms with Gasteiger partial charge in [-0.25, -0.2) is 0 Å². The third-order valence-corrected chi connectivity index (χ3v) is 5.52. The number of benzene rings is 3. The number of ether oxygens (including phenoxy) is 1. The Morgan fingerprint density at radius 1 is 0.967 bits per heavy atom. The molecule has 1 N–H and O–H groups in total. The van der Waals surface area contributed by atoms with Crippen LogP contribution in [0.5, 0.6) is 5.75 Å². The van der Waals surface area contributed by atoms with Crippen LogP contribution in [-0.4, -0.2) is 25.5 Å². The van der Waals surface area contributed by atoms with Gasteiger partial charge in [0, 0.05) is 30.3 Å². The highest BCUT2D eigenvalue weighted by Crippen LogP contribution is 2.38. The summed E-state index contributed by atoms with van der Waals surface area (Å²) in [7, 11) is 1.63. The molecular weight excluding hydrogens is 376 g/mol. The predicted molar refractivity (Wildman–Crippen MR) is 118 cm³/mol. The van der Waals surface area contributed by atoms with E-state index in [4.69, 9.17) is 4.74 Å². The standard InChI is InChI=1S/C25H24N2O3/c1-30-21-14-12-18(13-15-21)23-17-27(20-10-6-3-7-11-20)25(29)22(23)16-24(28)26-19-8-4-2-5-9-19/h2-15,22-23H,16-17H2,1H3,(H,26,28)/t22-,23-/m1/s1. The van der Waals surface area contributed by atoms with Crippen LogP contribution < -0.4 is 15.0 Å². The van der Waals surface area contributed by atoms with Gasteiger partial charge in [0.1, 0.15) is 5.75 Å². The van der Waals surface area contributed by atoms with E-state index in [2.05, 4.69) is 5.32 Å². The maximum atomic E-state index is 13.3. The summed E-state index contributed by atoms with van der Waals surface area (Å²) < 4.78 is 5.26. The van der Waals surface area contributed by atoms with Gasteiger partial charge in [-0.05, 0) is 42.0 Å². The van der Waals surface area contributed by atoms with Crippen LogP contribution >= 0.6 is 0 Å². The summed E-state index contributed by atoms with van der Waals surface area (Å²) in [6.45, 7) is 0.540. The van der Waals surface area contributed by atoms with Crippen molar-refractivity contribution in [3.8, 4) is 5.75 Å². The molecule has 1 aliphatic rings. The summed E-state index contributed by atoms with van der Waals surface area (Å²) in [6, 6.07) is 26.7. The van der Waals surface area contributed by atoms with Crippen molar-refractivity contribution < 1.29 is 14.3 Å². The summed E-state index contributed by atoms with van der Waals surface area (Å²) >= 11 is 0. The van der Waals surface area contributed by atoms with Crippen LogP contribution in [0.1, 0.15) is 17.9 Å². The second kappa shape index (κ2) is 8.82. The van der Waals surface area contributed by atoms with Crippen LogP contribution in [0, 0.1) is 5.92 Å². The van der Waals surface area contributed by atoms with Crippen molar-refractivity contribution in [2.24, 2.45) is 5.92 Å². The minimum atomic E-state index is -0.428. The van der Waals surface area contributed by atoms with Crippen LogP contribution in [0.3, 0.4) is 0 Å². The number of para-hydroxylation sites is 2. The van der Waals surface area contributed by atoms with Gasteiger partial charge in [0.25, 0.3) is 0 Å². The van der Waals surface area contributed by atoms with Crippen LogP contribution in [0.25, 0.3) is 0 Å². The monoisotopic (exact) mass is 400 g/mol. The normalized spacial score (nSPS) is 18.3. The lowest BCUT2D eigenvalue weighted by Gasteiger charge is -2.17. The highest BCUT2D eigenvalue weighted by Gasteiger charge is 2.42. The first-order chi connectivity index (χ1) is 14.7. The fourth-order valence-electron chi connectivity index (χ4n) is 3.98. The average molecular weight is 400 g/mol. The lowest BCUT2D eigenvalue weighted by Crippen LogP contribution is -2.29. The average Bonchev–Trinajstić information content (AvgIpc) is 3.11. The SMILES string of the molecule is COc1ccc([C@H]2CN(c3ccccc3)C(=O)[C@@H]2CC(=O)Nc2ccccc2)cc1. The Kier molecular flexibility index (Phi) is 5.80. The molecule has 0 spiro atoms. The number of carbonyl (C=O) groups is 2. The largest absolute Gasteiger partial charge is 0.497 e. The number of rotatable bonds is 6. The Balaban J connectivity index is 1.59. The Hall–Kier alpha value is -3.60. The molecule has 2 atom stereocenters. The summed E-state index contributed by atoms with van der Waals surface area (Å²) in [5, 5.41) is 2.90. The van der Waals surface area contributed by atoms with Crippen LogP contribution in [0.15, 0.2) is 84.9 Å². The zero-order valence-electron chi connectivity index (χ0n) is 16.8. The molecule has 2 amide bonds. The molecule has 3 aromatic carbocycles. The van der Waals surface area contributed by atoms with Gasteiger partial charge in [0.2, 0.25) is 11.8 Å². The number of anilines is 2. The summed E-state index contributed by atoms with van der Waals surface area (Å²) in [5.41, 5.74) is 2.61. The van der Waals surface area contributed by atoms with E-state index in [0.717, 1.165) is 22.7 Å². The molecule has 0 radical (unpaired) electrons. The molecular formula is C25H24N2O3. The van der Waals surface area contributed by atoms with Gasteiger partial charge in [-0.15, -0.1) is 0 Å². The second-order valence-electron chi connectivity index (χ2n) is 7.39. The number of nitrogens with one attached hydrogen (secondary N) is 1. The van der Waals surface area contributed by atoms with E-state index in [9.17, 15) is 9.59 Å². The van der Waals surface area contributed by atoms with Crippen molar-refractivity contribution in [1.29, 1.82) is 0 Å². The van der Waals surface area contributed by atoms with E-state index >= 15 is 0 Å². The zero-order chi connectivity index (χ0) is 20.9. The third kappa shape index (κ3) is 4.20. The van der Waals surface area contributed by atoms with E-state index in [-0.39, 0.29) is 24.2 Å². The molecule has 1 heterocycles. The van der Waals surface area contributed by atoms with Crippen molar-refractivity contribution in [3.05, 3.63) is 90.5 Å². The highest BCUT2D eigenvalue weighted by atomic mass is 16.5. The molecule has 5 nitrogen and oxygen atoms in total. The van der Waals surface area contributed by atoms with E-state index in [1.807, 2.05) is 84.9 Å². The maximum absolute atomic E-state index is 13.3. The minimum Gasteiger partial charge on any atom is -0.497 e. The van der Waals surface area contributed by atoms with Crippen LogP contribution in [-0.2, 0) is 9.59 Å². The Labute approximate surface area is 176 Å². The molecule has 1 fully saturated rings. The number of methoxy groups -OCH3 is 1. The molecule has 152 valence electrons. The lowest BCUT2D eigenvalue weighted by molar-refractivity contribution is -0.125. The molecule has 5 heteroatoms. The molecule has 0 aromatic heterocycles. The number of hydrogen-bond donors (Lipinski definition) is 1. The van der Waals surface area contributed by atoms with E-state index in [1.54, 1.807) is 12.0 Å². The van der Waals surface area contributed by atoms with Gasteiger partial charge >= 0.3 is 0 Å². The quantitative estimate of drug-likeness (QED) is 0.664. The fraction of sp³-hybridized carbons (Fsp3) is 0.200. The summed E-state index contributed by atoms with van der Waals surface area (Å²) in [6.07, 6.45) is 0.133. The molecule has 1 aliphatic heterocycles. The van der Waals surface area contributed by atoms with Gasteiger partial charge in [-0.1, -0.05) is 48.5 Å². The first kappa shape index (κ1) is 19.7. The molecule has 0 saturated carbocycles. The van der Waals surface area contributed by atoms with Crippen LogP contribution in [0.4, 0.5) is 11.4 Å². The molecule has 30 heavy (non-hydrogen) atoms. The predicted octanol–water partition coefficient (Wildman–Crippen LogP) is 4.47. The molecule has 1 saturated heterocycles. The lowest BCUT2D eigenvalue weighted by atomic mass is 9.86. The van der Waals surface area contributed by atoms with Gasteiger partial charge in [-0.2, -0.15) is 0 Å². The molecule has 4 rings (SSSR count). The van der Waals surface area contributed by atoms with Gasteiger partial charge in [0.05, 0.1) is 13.0 Å². The Bertz CT molecular complexity index is 1000. The zero-order valence-corrected chi connectivity index (χ0v) is 16.8. The first-order valence-corrected chi connectivity index (χ1v) is 10.0. The van der Waals surface area contributed by atoms with Crippen molar-refractivity contribution >= 4 is 23.2 Å². The van der Waals surface area contributed by atoms with Crippen molar-refractivity contribution in [1.82, 2.24) is 0 Å². The van der Waals surface area contributed by atoms with Crippen molar-refractivity contribution in [2.75, 3.05) is 23.9 Å². The number of nitrogens with zero attached hydrogens (tertiary/aromatic N) is 1. The van der Waals surface area contributed by atoms with Crippen molar-refractivity contribution in [2.45, 2.75) is 12.3 Å². The Morgan fingerprint density at radius 3 is 2.23 bits per heavy atom. The Morgan fingerprint density at radius 2 is 1.60 bits per heavy atom. The topological polar surface area (TPSA) is 58.6 Å². The number of amides is 2. The van der Waals surface area contributed by atoms with Gasteiger partial charge in [0.15, 0.2) is 0 Å². The molecule has 0 aliphatic carbocycles. The molecule has 0 unspecified atom stereocenters. The van der Waals surface area contributed by atoms with Gasteiger partial charge in [-0.3, -0.25) is 9.59 Å². The second-order valence-corrected chi connectivity index (χ2v) is 7.39. The van der Waals surface area contributed by atoms with Crippen molar-refractivity contribution in [3.63, 3.8) is 0 Å². The van der Waals surface area contributed by atoms with E-state index in [0.29, 0.717) is 6.54 Å². The number of hydrogen-bond acceptors (Lipinski definition) is 3. The fourth-order valence-corrected chi connectivity index (χ4v) is 3.98. The molecule has 3 aromatic rings. The molecule has 0 bridgehead atoms. The van der Waals surface area contributed by atoms with Gasteiger partial charge < -0.3 is 15.0 Å². The summed E-state index contributed by atoms with van der Waals surface area (Å²) in [5.74, 6) is 0.0759. The summed E-state index contributed by atoms with van der Waals surface area (Å²) in [4.78, 5) is 27.8. The first-order valence-electron chi connectivity index (χ1n) is 10.0.